The van der Waals surface area contributed by atoms with Crippen LogP contribution in [-0.4, -0.2) is 28.5 Å². The number of unbranched alkanes of at least 4 members (excludes halogenated alkanes) is 4. The highest BCUT2D eigenvalue weighted by molar-refractivity contribution is 5.78. The molecular formula is C16H24N2O3. The van der Waals surface area contributed by atoms with E-state index < -0.39 is 5.97 Å². The third kappa shape index (κ3) is 8.78. The maximum absolute atomic E-state index is 11.7. The average Bonchev–Trinajstić information content (AvgIpc) is 2.44. The van der Waals surface area contributed by atoms with Crippen LogP contribution in [-0.2, 0) is 16.0 Å². The van der Waals surface area contributed by atoms with E-state index in [1.807, 2.05) is 19.1 Å². The van der Waals surface area contributed by atoms with Crippen LogP contribution in [0, 0.1) is 6.92 Å². The van der Waals surface area contributed by atoms with E-state index in [0.717, 1.165) is 43.4 Å². The number of nitrogens with zero attached hydrogens (tertiary/aromatic N) is 1. The molecule has 0 saturated heterocycles. The number of carbonyl (C=O) groups excluding carboxylic acids is 1. The molecule has 0 aliphatic carbocycles. The van der Waals surface area contributed by atoms with Crippen LogP contribution < -0.4 is 5.32 Å². The third-order valence-electron chi connectivity index (χ3n) is 3.23. The minimum atomic E-state index is -0.729. The van der Waals surface area contributed by atoms with Gasteiger partial charge in [-0.15, -0.1) is 0 Å². The Kier molecular flexibility index (Phi) is 8.09. The summed E-state index contributed by atoms with van der Waals surface area (Å²) < 4.78 is 0. The monoisotopic (exact) mass is 292 g/mol. The van der Waals surface area contributed by atoms with Crippen LogP contribution in [0.5, 0.6) is 0 Å². The van der Waals surface area contributed by atoms with E-state index in [1.54, 1.807) is 6.20 Å². The van der Waals surface area contributed by atoms with Gasteiger partial charge in [-0.3, -0.25) is 14.6 Å². The fourth-order valence-electron chi connectivity index (χ4n) is 2.01. The average molecular weight is 292 g/mol. The van der Waals surface area contributed by atoms with Gasteiger partial charge in [0.05, 0.1) is 6.42 Å². The van der Waals surface area contributed by atoms with E-state index in [9.17, 15) is 9.59 Å². The number of aryl methyl sites for hydroxylation is 1. The van der Waals surface area contributed by atoms with Crippen LogP contribution in [0.4, 0.5) is 0 Å². The molecule has 0 bridgehead atoms. The van der Waals surface area contributed by atoms with Crippen LogP contribution >= 0.6 is 0 Å². The Hall–Kier alpha value is -1.91. The molecule has 5 nitrogen and oxygen atoms in total. The summed E-state index contributed by atoms with van der Waals surface area (Å²) in [5.41, 5.74) is 1.87. The zero-order chi connectivity index (χ0) is 15.5. The van der Waals surface area contributed by atoms with Gasteiger partial charge in [-0.2, -0.15) is 0 Å². The molecule has 1 rings (SSSR count). The van der Waals surface area contributed by atoms with Gasteiger partial charge in [-0.1, -0.05) is 25.3 Å². The number of carbonyl (C=O) groups is 2. The molecule has 21 heavy (non-hydrogen) atoms. The Bertz CT molecular complexity index is 443. The molecule has 0 atom stereocenters. The van der Waals surface area contributed by atoms with Crippen molar-refractivity contribution in [3.63, 3.8) is 0 Å². The van der Waals surface area contributed by atoms with Crippen molar-refractivity contribution >= 4 is 11.9 Å². The van der Waals surface area contributed by atoms with Crippen LogP contribution in [0.2, 0.25) is 0 Å². The van der Waals surface area contributed by atoms with Crippen LogP contribution in [0.25, 0.3) is 0 Å². The Labute approximate surface area is 125 Å². The van der Waals surface area contributed by atoms with E-state index in [-0.39, 0.29) is 12.3 Å². The van der Waals surface area contributed by atoms with Gasteiger partial charge in [0.15, 0.2) is 0 Å². The standard InChI is InChI=1S/C16H24N2O3/c1-13-8-9-14(12-18-13)11-15(19)17-10-6-4-2-3-5-7-16(20)21/h8-9,12H,2-7,10-11H2,1H3,(H,17,19)(H,20,21). The molecule has 0 spiro atoms. The first-order valence-electron chi connectivity index (χ1n) is 7.48. The summed E-state index contributed by atoms with van der Waals surface area (Å²) in [5.74, 6) is -0.709. The SMILES string of the molecule is Cc1ccc(CC(=O)NCCCCCCCC(=O)O)cn1. The summed E-state index contributed by atoms with van der Waals surface area (Å²) in [4.78, 5) is 26.2. The maximum Gasteiger partial charge on any atom is 0.303 e. The highest BCUT2D eigenvalue weighted by atomic mass is 16.4. The molecule has 0 aliphatic heterocycles. The number of amides is 1. The quantitative estimate of drug-likeness (QED) is 0.649. The fourth-order valence-corrected chi connectivity index (χ4v) is 2.01. The number of rotatable bonds is 10. The fraction of sp³-hybridized carbons (Fsp3) is 0.562. The minimum absolute atomic E-state index is 0.0199. The summed E-state index contributed by atoms with van der Waals surface area (Å²) >= 11 is 0. The van der Waals surface area contributed by atoms with Gasteiger partial charge < -0.3 is 10.4 Å². The zero-order valence-corrected chi connectivity index (χ0v) is 12.6. The lowest BCUT2D eigenvalue weighted by Crippen LogP contribution is -2.26. The number of carboxylic acid groups (broad SMARTS) is 1. The van der Waals surface area contributed by atoms with Crippen LogP contribution in [0.1, 0.15) is 49.8 Å². The molecule has 0 radical (unpaired) electrons. The first-order valence-corrected chi connectivity index (χ1v) is 7.48. The normalized spacial score (nSPS) is 10.3. The number of nitrogens with one attached hydrogen (secondary N) is 1. The van der Waals surface area contributed by atoms with Gasteiger partial charge in [0.1, 0.15) is 0 Å². The molecule has 0 aliphatic rings. The Morgan fingerprint density at radius 3 is 2.52 bits per heavy atom. The lowest BCUT2D eigenvalue weighted by atomic mass is 10.1. The number of aromatic nitrogens is 1. The summed E-state index contributed by atoms with van der Waals surface area (Å²) in [6.45, 7) is 2.59. The molecule has 0 saturated carbocycles. The second-order valence-electron chi connectivity index (χ2n) is 5.25. The van der Waals surface area contributed by atoms with Crippen molar-refractivity contribution in [2.24, 2.45) is 0 Å². The smallest absolute Gasteiger partial charge is 0.303 e. The van der Waals surface area contributed by atoms with Gasteiger partial charge in [0, 0.05) is 24.9 Å². The number of hydrogen-bond donors (Lipinski definition) is 2. The van der Waals surface area contributed by atoms with Crippen LogP contribution in [0.15, 0.2) is 18.3 Å². The lowest BCUT2D eigenvalue weighted by molar-refractivity contribution is -0.137. The van der Waals surface area contributed by atoms with Crippen molar-refractivity contribution in [1.82, 2.24) is 10.3 Å². The molecule has 1 amide bonds. The van der Waals surface area contributed by atoms with Gasteiger partial charge >= 0.3 is 5.97 Å². The van der Waals surface area contributed by atoms with E-state index >= 15 is 0 Å². The Morgan fingerprint density at radius 2 is 1.86 bits per heavy atom. The lowest BCUT2D eigenvalue weighted by Gasteiger charge is -2.05. The van der Waals surface area contributed by atoms with Crippen LogP contribution in [0.3, 0.4) is 0 Å². The van der Waals surface area contributed by atoms with Crippen molar-refractivity contribution in [2.75, 3.05) is 6.54 Å². The largest absolute Gasteiger partial charge is 0.481 e. The highest BCUT2D eigenvalue weighted by Gasteiger charge is 2.03. The molecule has 0 unspecified atom stereocenters. The third-order valence-corrected chi connectivity index (χ3v) is 3.23. The van der Waals surface area contributed by atoms with Gasteiger partial charge in [0.25, 0.3) is 0 Å². The Balaban J connectivity index is 2.01. The van der Waals surface area contributed by atoms with Crippen molar-refractivity contribution in [3.05, 3.63) is 29.6 Å². The second kappa shape index (κ2) is 9.91. The second-order valence-corrected chi connectivity index (χ2v) is 5.25. The number of carboxylic acids is 1. The van der Waals surface area contributed by atoms with Gasteiger partial charge in [-0.05, 0) is 31.4 Å². The van der Waals surface area contributed by atoms with Gasteiger partial charge in [0.2, 0.25) is 5.91 Å². The predicted octanol–water partition coefficient (Wildman–Crippen LogP) is 2.47. The molecule has 1 aromatic heterocycles. The molecule has 0 aromatic carbocycles. The molecule has 2 N–H and O–H groups in total. The van der Waals surface area contributed by atoms with E-state index in [1.165, 1.54) is 0 Å². The molecule has 0 fully saturated rings. The number of aliphatic carboxylic acids is 1. The number of pyridine rings is 1. The zero-order valence-electron chi connectivity index (χ0n) is 12.6. The van der Waals surface area contributed by atoms with Crippen molar-refractivity contribution in [1.29, 1.82) is 0 Å². The molecular weight excluding hydrogens is 268 g/mol. The summed E-state index contributed by atoms with van der Waals surface area (Å²) in [6.07, 6.45) is 7.00. The Morgan fingerprint density at radius 1 is 1.14 bits per heavy atom. The minimum Gasteiger partial charge on any atom is -0.481 e. The predicted molar refractivity (Wildman–Crippen MR) is 81.0 cm³/mol. The summed E-state index contributed by atoms with van der Waals surface area (Å²) in [7, 11) is 0. The highest BCUT2D eigenvalue weighted by Crippen LogP contribution is 2.05. The van der Waals surface area contributed by atoms with E-state index in [0.29, 0.717) is 13.0 Å². The first kappa shape index (κ1) is 17.1. The molecule has 5 heteroatoms. The van der Waals surface area contributed by atoms with E-state index in [2.05, 4.69) is 10.3 Å². The van der Waals surface area contributed by atoms with Crippen molar-refractivity contribution in [3.8, 4) is 0 Å². The first-order chi connectivity index (χ1) is 10.1. The van der Waals surface area contributed by atoms with Gasteiger partial charge in [-0.25, -0.2) is 0 Å². The summed E-state index contributed by atoms with van der Waals surface area (Å²) in [6, 6.07) is 3.82. The number of hydrogen-bond acceptors (Lipinski definition) is 3. The molecule has 1 heterocycles. The topological polar surface area (TPSA) is 79.3 Å². The molecule has 116 valence electrons. The van der Waals surface area contributed by atoms with Crippen molar-refractivity contribution < 1.29 is 14.7 Å². The van der Waals surface area contributed by atoms with Crippen molar-refractivity contribution in [2.45, 2.75) is 51.9 Å². The summed E-state index contributed by atoms with van der Waals surface area (Å²) in [5, 5.41) is 11.4. The molecule has 1 aromatic rings. The maximum atomic E-state index is 11.7. The van der Waals surface area contributed by atoms with E-state index in [4.69, 9.17) is 5.11 Å².